The SMILES string of the molecule is C1=NC2=NCSC2=N1.O=C(C=Cc1ccccc1)c1ccccc1. The molecule has 0 amide bonds. The lowest BCUT2D eigenvalue weighted by Crippen LogP contribution is -1.94. The van der Waals surface area contributed by atoms with Gasteiger partial charge < -0.3 is 0 Å². The van der Waals surface area contributed by atoms with E-state index in [0.717, 1.165) is 27.9 Å². The zero-order valence-corrected chi connectivity index (χ0v) is 13.7. The van der Waals surface area contributed by atoms with Crippen molar-refractivity contribution in [2.45, 2.75) is 0 Å². The van der Waals surface area contributed by atoms with Crippen LogP contribution in [0.3, 0.4) is 0 Å². The average Bonchev–Trinajstić information content (AvgIpc) is 3.27. The van der Waals surface area contributed by atoms with Gasteiger partial charge in [0.2, 0.25) is 0 Å². The molecule has 5 heteroatoms. The summed E-state index contributed by atoms with van der Waals surface area (Å²) in [5, 5.41) is 0.977. The standard InChI is InChI=1S/C15H12O.C4H3N3S/c16-15(14-9-5-2-6-10-14)12-11-13-7-3-1-4-8-13;1-5-3-4(6-1)8-2-7-3/h1-12H;1H,2H2. The Balaban J connectivity index is 0.000000175. The molecule has 4 rings (SSSR count). The highest BCUT2D eigenvalue weighted by Gasteiger charge is 2.16. The van der Waals surface area contributed by atoms with Gasteiger partial charge in [0, 0.05) is 5.56 Å². The van der Waals surface area contributed by atoms with E-state index in [4.69, 9.17) is 0 Å². The summed E-state index contributed by atoms with van der Waals surface area (Å²) < 4.78 is 0. The number of amidine groups is 1. The lowest BCUT2D eigenvalue weighted by molar-refractivity contribution is 0.104. The number of fused-ring (bicyclic) bond motifs is 1. The molecule has 0 saturated carbocycles. The van der Waals surface area contributed by atoms with Crippen molar-refractivity contribution in [3.05, 3.63) is 77.9 Å². The van der Waals surface area contributed by atoms with Gasteiger partial charge in [0.15, 0.2) is 11.6 Å². The molecule has 0 aromatic heterocycles. The molecule has 0 aliphatic carbocycles. The second-order valence-electron chi connectivity index (χ2n) is 4.91. The number of hydrogen-bond acceptors (Lipinski definition) is 5. The van der Waals surface area contributed by atoms with E-state index in [9.17, 15) is 4.79 Å². The van der Waals surface area contributed by atoms with Crippen LogP contribution in [0.25, 0.3) is 6.08 Å². The minimum Gasteiger partial charge on any atom is -0.289 e. The summed E-state index contributed by atoms with van der Waals surface area (Å²) in [4.78, 5) is 23.6. The first-order valence-corrected chi connectivity index (χ1v) is 8.42. The number of benzene rings is 2. The number of carbonyl (C=O) groups excluding carboxylic acids is 1. The topological polar surface area (TPSA) is 54.1 Å². The molecule has 0 saturated heterocycles. The summed E-state index contributed by atoms with van der Waals surface area (Å²) in [6.45, 7) is 0. The fraction of sp³-hybridized carbons (Fsp3) is 0.0526. The first-order valence-electron chi connectivity index (χ1n) is 7.43. The molecule has 0 bridgehead atoms. The number of thioether (sulfide) groups is 1. The minimum absolute atomic E-state index is 0.0319. The Labute approximate surface area is 144 Å². The first-order chi connectivity index (χ1) is 11.8. The third kappa shape index (κ3) is 4.36. The number of aliphatic imine (C=N–C) groups is 3. The summed E-state index contributed by atoms with van der Waals surface area (Å²) in [5.74, 6) is 1.64. The molecule has 2 heterocycles. The summed E-state index contributed by atoms with van der Waals surface area (Å²) in [7, 11) is 0. The van der Waals surface area contributed by atoms with Gasteiger partial charge in [-0.05, 0) is 11.6 Å². The van der Waals surface area contributed by atoms with Crippen LogP contribution in [0.2, 0.25) is 0 Å². The van der Waals surface area contributed by atoms with Crippen molar-refractivity contribution in [2.24, 2.45) is 15.0 Å². The normalized spacial score (nSPS) is 14.7. The highest BCUT2D eigenvalue weighted by molar-refractivity contribution is 8.16. The molecule has 0 N–H and O–H groups in total. The quantitative estimate of drug-likeness (QED) is 0.627. The van der Waals surface area contributed by atoms with Crippen molar-refractivity contribution < 1.29 is 4.79 Å². The predicted molar refractivity (Wildman–Crippen MR) is 102 cm³/mol. The van der Waals surface area contributed by atoms with Crippen LogP contribution in [0.4, 0.5) is 0 Å². The summed E-state index contributed by atoms with van der Waals surface area (Å²) in [5.41, 5.74) is 1.75. The maximum Gasteiger partial charge on any atom is 0.185 e. The highest BCUT2D eigenvalue weighted by Crippen LogP contribution is 2.17. The van der Waals surface area contributed by atoms with Crippen LogP contribution < -0.4 is 0 Å². The van der Waals surface area contributed by atoms with Crippen molar-refractivity contribution in [1.82, 2.24) is 0 Å². The molecule has 118 valence electrons. The predicted octanol–water partition coefficient (Wildman–Crippen LogP) is 4.11. The van der Waals surface area contributed by atoms with Gasteiger partial charge in [0.25, 0.3) is 0 Å². The molecule has 2 aromatic rings. The Hall–Kier alpha value is -2.79. The Morgan fingerprint density at radius 1 is 1.00 bits per heavy atom. The van der Waals surface area contributed by atoms with Crippen LogP contribution in [0, 0.1) is 0 Å². The van der Waals surface area contributed by atoms with Gasteiger partial charge in [-0.25, -0.2) is 9.98 Å². The first kappa shape index (κ1) is 16.1. The van der Waals surface area contributed by atoms with Crippen LogP contribution in [-0.4, -0.2) is 28.9 Å². The summed E-state index contributed by atoms with van der Waals surface area (Å²) >= 11 is 1.63. The van der Waals surface area contributed by atoms with E-state index in [0.29, 0.717) is 0 Å². The van der Waals surface area contributed by atoms with Crippen LogP contribution in [0.5, 0.6) is 0 Å². The van der Waals surface area contributed by atoms with Gasteiger partial charge in [-0.2, -0.15) is 0 Å². The summed E-state index contributed by atoms with van der Waals surface area (Å²) in [6.07, 6.45) is 4.97. The number of hydrogen-bond donors (Lipinski definition) is 0. The zero-order valence-electron chi connectivity index (χ0n) is 12.9. The molecular weight excluding hydrogens is 318 g/mol. The molecule has 4 nitrogen and oxygen atoms in total. The van der Waals surface area contributed by atoms with Gasteiger partial charge >= 0.3 is 0 Å². The van der Waals surface area contributed by atoms with Gasteiger partial charge in [-0.3, -0.25) is 9.79 Å². The molecule has 0 spiro atoms. The molecule has 2 aliphatic heterocycles. The number of carbonyl (C=O) groups is 1. The van der Waals surface area contributed by atoms with E-state index in [2.05, 4.69) is 15.0 Å². The molecule has 2 aliphatic rings. The van der Waals surface area contributed by atoms with Crippen molar-refractivity contribution >= 4 is 40.8 Å². The van der Waals surface area contributed by atoms with Crippen molar-refractivity contribution in [3.63, 3.8) is 0 Å². The van der Waals surface area contributed by atoms with E-state index >= 15 is 0 Å². The van der Waals surface area contributed by atoms with E-state index in [1.54, 1.807) is 24.2 Å². The van der Waals surface area contributed by atoms with E-state index < -0.39 is 0 Å². The van der Waals surface area contributed by atoms with E-state index in [-0.39, 0.29) is 5.78 Å². The number of rotatable bonds is 3. The molecule has 24 heavy (non-hydrogen) atoms. The fourth-order valence-electron chi connectivity index (χ4n) is 2.05. The smallest absolute Gasteiger partial charge is 0.185 e. The maximum absolute atomic E-state index is 11.7. The Kier molecular flexibility index (Phi) is 5.48. The van der Waals surface area contributed by atoms with Crippen LogP contribution in [0.15, 0.2) is 81.7 Å². The Morgan fingerprint density at radius 3 is 2.42 bits per heavy atom. The zero-order chi connectivity index (χ0) is 16.6. The van der Waals surface area contributed by atoms with Crippen LogP contribution in [-0.2, 0) is 0 Å². The minimum atomic E-state index is 0.0319. The monoisotopic (exact) mass is 333 g/mol. The highest BCUT2D eigenvalue weighted by atomic mass is 32.2. The van der Waals surface area contributed by atoms with Crippen LogP contribution >= 0.6 is 11.8 Å². The molecule has 0 radical (unpaired) electrons. The van der Waals surface area contributed by atoms with Gasteiger partial charge in [0.1, 0.15) is 11.4 Å². The largest absolute Gasteiger partial charge is 0.289 e. The van der Waals surface area contributed by atoms with Gasteiger partial charge in [-0.15, -0.1) is 0 Å². The van der Waals surface area contributed by atoms with Gasteiger partial charge in [0.05, 0.1) is 5.88 Å². The second-order valence-corrected chi connectivity index (χ2v) is 5.84. The number of ketones is 1. The Bertz CT molecular complexity index is 824. The molecule has 2 aromatic carbocycles. The maximum atomic E-state index is 11.7. The van der Waals surface area contributed by atoms with Crippen molar-refractivity contribution in [2.75, 3.05) is 5.88 Å². The average molecular weight is 333 g/mol. The molecule has 0 unspecified atom stereocenters. The van der Waals surface area contributed by atoms with Gasteiger partial charge in [-0.1, -0.05) is 78.5 Å². The molecular formula is C19H15N3OS. The van der Waals surface area contributed by atoms with E-state index in [1.165, 1.54) is 0 Å². The third-order valence-corrected chi connectivity index (χ3v) is 4.07. The Morgan fingerprint density at radius 2 is 1.71 bits per heavy atom. The third-order valence-electron chi connectivity index (χ3n) is 3.25. The summed E-state index contributed by atoms with van der Waals surface area (Å²) in [6, 6.07) is 19.1. The molecule has 0 atom stereocenters. The number of allylic oxidation sites excluding steroid dienone is 1. The lowest BCUT2D eigenvalue weighted by Gasteiger charge is -1.94. The number of nitrogens with zero attached hydrogens (tertiary/aromatic N) is 3. The molecule has 0 fully saturated rings. The lowest BCUT2D eigenvalue weighted by atomic mass is 10.1. The second kappa shape index (κ2) is 8.17. The van der Waals surface area contributed by atoms with E-state index in [1.807, 2.05) is 66.7 Å². The van der Waals surface area contributed by atoms with Crippen molar-refractivity contribution in [3.8, 4) is 0 Å². The van der Waals surface area contributed by atoms with Crippen LogP contribution in [0.1, 0.15) is 15.9 Å². The fourth-order valence-corrected chi connectivity index (χ4v) is 2.73. The van der Waals surface area contributed by atoms with Crippen molar-refractivity contribution in [1.29, 1.82) is 0 Å².